The Labute approximate surface area is 176 Å². The number of esters is 1. The summed E-state index contributed by atoms with van der Waals surface area (Å²) in [5, 5.41) is 0. The molecule has 1 fully saturated rings. The molecule has 0 aliphatic carbocycles. The molecule has 4 rings (SSSR count). The van der Waals surface area contributed by atoms with Crippen LogP contribution in [0.1, 0.15) is 28.9 Å². The molecule has 31 heavy (non-hydrogen) atoms. The first-order valence-electron chi connectivity index (χ1n) is 9.36. The van der Waals surface area contributed by atoms with E-state index >= 15 is 0 Å². The van der Waals surface area contributed by atoms with Crippen LogP contribution in [0.2, 0.25) is 0 Å². The minimum absolute atomic E-state index is 0.0404. The van der Waals surface area contributed by atoms with Gasteiger partial charge in [-0.2, -0.15) is 0 Å². The van der Waals surface area contributed by atoms with Crippen LogP contribution < -0.4 is 15.8 Å². The van der Waals surface area contributed by atoms with Gasteiger partial charge in [0, 0.05) is 18.7 Å². The van der Waals surface area contributed by atoms with E-state index in [0.717, 1.165) is 0 Å². The number of ether oxygens (including phenoxy) is 2. The molecule has 3 heterocycles. The molecule has 2 aliphatic rings. The van der Waals surface area contributed by atoms with Crippen molar-refractivity contribution < 1.29 is 32.6 Å². The number of nitrogens with zero attached hydrogens (tertiary/aromatic N) is 1. The fourth-order valence-corrected chi connectivity index (χ4v) is 4.30. The molecule has 164 valence electrons. The van der Waals surface area contributed by atoms with E-state index in [0.29, 0.717) is 16.9 Å². The molecule has 4 atom stereocenters. The molecule has 1 unspecified atom stereocenters. The van der Waals surface area contributed by atoms with E-state index in [1.54, 1.807) is 31.2 Å². The van der Waals surface area contributed by atoms with Crippen molar-refractivity contribution in [3.63, 3.8) is 0 Å². The molecule has 1 aromatic heterocycles. The van der Waals surface area contributed by atoms with E-state index in [2.05, 4.69) is 4.98 Å². The molecule has 0 bridgehead atoms. The van der Waals surface area contributed by atoms with E-state index in [4.69, 9.17) is 23.0 Å². The molecular formula is C19H19N2O9P. The molecule has 2 aromatic rings. The van der Waals surface area contributed by atoms with Crippen LogP contribution in [-0.4, -0.2) is 46.9 Å². The second kappa shape index (κ2) is 8.62. The van der Waals surface area contributed by atoms with Crippen molar-refractivity contribution in [3.8, 4) is 5.75 Å². The van der Waals surface area contributed by atoms with Crippen LogP contribution in [0.4, 0.5) is 0 Å². The highest BCUT2D eigenvalue weighted by molar-refractivity contribution is 7.43. The molecule has 1 aromatic carbocycles. The molecule has 0 saturated carbocycles. The van der Waals surface area contributed by atoms with E-state index in [1.165, 1.54) is 17.7 Å². The van der Waals surface area contributed by atoms with E-state index in [9.17, 15) is 19.2 Å². The van der Waals surface area contributed by atoms with E-state index < -0.39 is 50.0 Å². The summed E-state index contributed by atoms with van der Waals surface area (Å²) >= 11 is 0. The number of carbonyl (C=O) groups excluding carboxylic acids is 2. The summed E-state index contributed by atoms with van der Waals surface area (Å²) in [5.74, 6) is -0.786. The summed E-state index contributed by atoms with van der Waals surface area (Å²) in [6.07, 6.45) is -0.236. The lowest BCUT2D eigenvalue weighted by molar-refractivity contribution is -0.151. The predicted molar refractivity (Wildman–Crippen MR) is 106 cm³/mol. The number of rotatable bonds is 5. The first-order chi connectivity index (χ1) is 14.8. The van der Waals surface area contributed by atoms with Crippen LogP contribution in [0.25, 0.3) is 0 Å². The average Bonchev–Trinajstić information content (AvgIpc) is 3.11. The van der Waals surface area contributed by atoms with Gasteiger partial charge in [0.25, 0.3) is 5.56 Å². The molecule has 11 nitrogen and oxygen atoms in total. The maximum Gasteiger partial charge on any atom is 0.465 e. The summed E-state index contributed by atoms with van der Waals surface area (Å²) < 4.78 is 28.7. The number of benzene rings is 1. The number of aryl methyl sites for hydroxylation is 1. The first-order valence-corrected chi connectivity index (χ1v) is 10.5. The molecule has 0 spiro atoms. The van der Waals surface area contributed by atoms with Crippen LogP contribution in [-0.2, 0) is 23.3 Å². The summed E-state index contributed by atoms with van der Waals surface area (Å²) in [4.78, 5) is 49.9. The van der Waals surface area contributed by atoms with Crippen molar-refractivity contribution in [3.05, 3.63) is 62.4 Å². The highest BCUT2D eigenvalue weighted by atomic mass is 31.2. The second-order valence-corrected chi connectivity index (χ2v) is 8.05. The summed E-state index contributed by atoms with van der Waals surface area (Å²) in [5.41, 5.74) is -0.518. The van der Waals surface area contributed by atoms with Crippen LogP contribution in [0.15, 0.2) is 40.1 Å². The predicted octanol–water partition coefficient (Wildman–Crippen LogP) is 1.21. The molecular weight excluding hydrogens is 431 g/mol. The number of hydrogen-bond donors (Lipinski definition) is 1. The van der Waals surface area contributed by atoms with Crippen molar-refractivity contribution >= 4 is 20.5 Å². The second-order valence-electron chi connectivity index (χ2n) is 6.98. The van der Waals surface area contributed by atoms with Gasteiger partial charge in [0.05, 0.1) is 13.2 Å². The summed E-state index contributed by atoms with van der Waals surface area (Å²) in [6, 6.07) is 5.94. The third-order valence-corrected chi connectivity index (χ3v) is 5.83. The normalized spacial score (nSPS) is 24.8. The minimum Gasteiger partial charge on any atom is -0.457 e. The van der Waals surface area contributed by atoms with Gasteiger partial charge in [-0.25, -0.2) is 9.59 Å². The van der Waals surface area contributed by atoms with Crippen LogP contribution in [0.5, 0.6) is 5.75 Å². The Hall–Kier alpha value is -3.01. The molecule has 1 N–H and O–H groups in total. The van der Waals surface area contributed by atoms with E-state index in [1.807, 2.05) is 0 Å². The molecule has 1 saturated heterocycles. The average molecular weight is 450 g/mol. The number of para-hydroxylation sites is 1. The topological polar surface area (TPSA) is 135 Å². The SMILES string of the molecule is CC(=O)O[C@H]1[C@H](COP2OC(=O)c3ccccc3O2)OC[C@@H]1n1cc(C)c(=O)[nH]c1=O. The highest BCUT2D eigenvalue weighted by Gasteiger charge is 2.43. The Morgan fingerprint density at radius 2 is 2.03 bits per heavy atom. The zero-order valence-electron chi connectivity index (χ0n) is 16.6. The summed E-state index contributed by atoms with van der Waals surface area (Å²) in [7, 11) is -2.02. The van der Waals surface area contributed by atoms with Gasteiger partial charge in [-0.1, -0.05) is 12.1 Å². The van der Waals surface area contributed by atoms with Gasteiger partial charge in [-0.15, -0.1) is 0 Å². The maximum absolute atomic E-state index is 12.3. The molecule has 12 heteroatoms. The van der Waals surface area contributed by atoms with Crippen molar-refractivity contribution in [2.75, 3.05) is 13.2 Å². The molecule has 0 radical (unpaired) electrons. The standard InChI is InChI=1S/C19H19N2O9P/c1-10-7-21(19(25)20-17(10)23)13-8-26-15(16(13)28-11(2)22)9-27-31-29-14-6-4-3-5-12(14)18(24)30-31/h3-7,13,15-16H,8-9H2,1-2H3,(H,20,23,25)/t13-,15-,16+,31?/m0/s1. The maximum atomic E-state index is 12.3. The zero-order chi connectivity index (χ0) is 22.1. The lowest BCUT2D eigenvalue weighted by atomic mass is 10.1. The van der Waals surface area contributed by atoms with Gasteiger partial charge in [0.1, 0.15) is 23.5 Å². The highest BCUT2D eigenvalue weighted by Crippen LogP contribution is 2.47. The first kappa shape index (κ1) is 21.2. The quantitative estimate of drug-likeness (QED) is 0.527. The Kier molecular flexibility index (Phi) is 5.90. The Morgan fingerprint density at radius 3 is 2.81 bits per heavy atom. The number of nitrogens with one attached hydrogen (secondary N) is 1. The summed E-state index contributed by atoms with van der Waals surface area (Å²) in [6.45, 7) is 2.72. The van der Waals surface area contributed by atoms with Crippen LogP contribution in [0, 0.1) is 6.92 Å². The Balaban J connectivity index is 1.49. The van der Waals surface area contributed by atoms with Crippen molar-refractivity contribution in [1.29, 1.82) is 0 Å². The third-order valence-electron chi connectivity index (χ3n) is 4.81. The Bertz CT molecular complexity index is 1130. The van der Waals surface area contributed by atoms with Gasteiger partial charge in [0.15, 0.2) is 6.10 Å². The number of aromatic nitrogens is 2. The van der Waals surface area contributed by atoms with Gasteiger partial charge >= 0.3 is 26.2 Å². The minimum atomic E-state index is -2.02. The number of aromatic amines is 1. The van der Waals surface area contributed by atoms with Crippen molar-refractivity contribution in [2.45, 2.75) is 32.1 Å². The zero-order valence-corrected chi connectivity index (χ0v) is 17.5. The fraction of sp³-hybridized carbons (Fsp3) is 0.368. The largest absolute Gasteiger partial charge is 0.465 e. The monoisotopic (exact) mass is 450 g/mol. The van der Waals surface area contributed by atoms with Crippen molar-refractivity contribution in [2.24, 2.45) is 0 Å². The van der Waals surface area contributed by atoms with Gasteiger partial charge in [0.2, 0.25) is 0 Å². The number of fused-ring (bicyclic) bond motifs is 1. The smallest absolute Gasteiger partial charge is 0.457 e. The van der Waals surface area contributed by atoms with Gasteiger partial charge < -0.3 is 18.5 Å². The number of hydrogen-bond acceptors (Lipinski definition) is 9. The van der Waals surface area contributed by atoms with Gasteiger partial charge in [-0.05, 0) is 19.1 Å². The lowest BCUT2D eigenvalue weighted by Crippen LogP contribution is -2.41. The van der Waals surface area contributed by atoms with E-state index in [-0.39, 0.29) is 13.2 Å². The molecule has 0 amide bonds. The fourth-order valence-electron chi connectivity index (χ4n) is 3.34. The Morgan fingerprint density at radius 1 is 1.26 bits per heavy atom. The number of H-pyrrole nitrogens is 1. The third kappa shape index (κ3) is 4.39. The van der Waals surface area contributed by atoms with Crippen LogP contribution in [0.3, 0.4) is 0 Å². The number of carbonyl (C=O) groups is 2. The molecule has 2 aliphatic heterocycles. The van der Waals surface area contributed by atoms with Crippen LogP contribution >= 0.6 is 8.60 Å². The lowest BCUT2D eigenvalue weighted by Gasteiger charge is -2.26. The van der Waals surface area contributed by atoms with Gasteiger partial charge in [-0.3, -0.25) is 23.7 Å². The van der Waals surface area contributed by atoms with Crippen molar-refractivity contribution in [1.82, 2.24) is 9.55 Å².